The van der Waals surface area contributed by atoms with Crippen LogP contribution in [0.25, 0.3) is 0 Å². The Kier molecular flexibility index (Phi) is 3.58. The highest BCUT2D eigenvalue weighted by Crippen LogP contribution is 2.27. The van der Waals surface area contributed by atoms with Gasteiger partial charge in [0.1, 0.15) is 5.15 Å². The van der Waals surface area contributed by atoms with Gasteiger partial charge in [-0.3, -0.25) is 4.72 Å². The van der Waals surface area contributed by atoms with Crippen molar-refractivity contribution in [3.05, 3.63) is 23.0 Å². The molecule has 0 amide bonds. The van der Waals surface area contributed by atoms with Crippen LogP contribution in [0.5, 0.6) is 0 Å². The van der Waals surface area contributed by atoms with Gasteiger partial charge in [0.15, 0.2) is 0 Å². The summed E-state index contributed by atoms with van der Waals surface area (Å²) in [7, 11) is -3.28. The van der Waals surface area contributed by atoms with E-state index in [9.17, 15) is 8.42 Å². The molecule has 4 nitrogen and oxygen atoms in total. The topological polar surface area (TPSA) is 59.1 Å². The first-order chi connectivity index (χ1) is 7.99. The normalized spacial score (nSPS) is 17.3. The lowest BCUT2D eigenvalue weighted by atomic mass is 10.3. The number of nitrogens with one attached hydrogen (secondary N) is 1. The van der Waals surface area contributed by atoms with E-state index in [2.05, 4.69) is 9.71 Å². The summed E-state index contributed by atoms with van der Waals surface area (Å²) in [5.74, 6) is 0. The summed E-state index contributed by atoms with van der Waals surface area (Å²) in [5, 5.41) is 0.101. The average molecular weight is 275 g/mol. The predicted octanol–water partition coefficient (Wildman–Crippen LogP) is 2.73. The molecule has 0 atom stereocenters. The Balaban J connectivity index is 2.19. The zero-order valence-electron chi connectivity index (χ0n) is 9.61. The summed E-state index contributed by atoms with van der Waals surface area (Å²) in [6, 6.07) is 3.23. The monoisotopic (exact) mass is 274 g/mol. The largest absolute Gasteiger partial charge is 0.281 e. The van der Waals surface area contributed by atoms with Gasteiger partial charge in [0, 0.05) is 0 Å². The van der Waals surface area contributed by atoms with E-state index in [1.165, 1.54) is 0 Å². The van der Waals surface area contributed by atoms with E-state index in [0.717, 1.165) is 25.7 Å². The minimum absolute atomic E-state index is 0.266. The number of hydrogen-bond acceptors (Lipinski definition) is 3. The van der Waals surface area contributed by atoms with E-state index in [4.69, 9.17) is 11.6 Å². The number of pyridine rings is 1. The molecule has 2 rings (SSSR count). The molecule has 94 valence electrons. The number of aryl methyl sites for hydroxylation is 1. The van der Waals surface area contributed by atoms with Crippen molar-refractivity contribution in [2.45, 2.75) is 37.9 Å². The van der Waals surface area contributed by atoms with Crippen molar-refractivity contribution in [3.63, 3.8) is 0 Å². The first kappa shape index (κ1) is 12.6. The highest BCUT2D eigenvalue weighted by Gasteiger charge is 2.28. The average Bonchev–Trinajstić information content (AvgIpc) is 2.76. The third-order valence-corrected chi connectivity index (χ3v) is 5.11. The molecule has 1 aliphatic rings. The Morgan fingerprint density at radius 1 is 1.35 bits per heavy atom. The number of nitrogens with zero attached hydrogens (tertiary/aromatic N) is 1. The second-order valence-corrected chi connectivity index (χ2v) is 6.67. The molecule has 0 aromatic carbocycles. The molecule has 0 aliphatic heterocycles. The van der Waals surface area contributed by atoms with Gasteiger partial charge in [-0.1, -0.05) is 24.4 Å². The Morgan fingerprint density at radius 3 is 2.59 bits per heavy atom. The lowest BCUT2D eigenvalue weighted by Gasteiger charge is -2.14. The van der Waals surface area contributed by atoms with Gasteiger partial charge in [-0.25, -0.2) is 13.4 Å². The van der Waals surface area contributed by atoms with Crippen LogP contribution in [0.2, 0.25) is 5.15 Å². The summed E-state index contributed by atoms with van der Waals surface area (Å²) in [4.78, 5) is 4.02. The third-order valence-electron chi connectivity index (χ3n) is 3.05. The SMILES string of the molecule is Cc1nc(Cl)ccc1NS(=O)(=O)C1CCCC1. The predicted molar refractivity (Wildman–Crippen MR) is 68.8 cm³/mol. The highest BCUT2D eigenvalue weighted by atomic mass is 35.5. The molecule has 0 saturated heterocycles. The summed E-state index contributed by atoms with van der Waals surface area (Å²) in [6.07, 6.45) is 3.47. The van der Waals surface area contributed by atoms with Crippen LogP contribution in [-0.4, -0.2) is 18.7 Å². The van der Waals surface area contributed by atoms with Gasteiger partial charge < -0.3 is 0 Å². The van der Waals surface area contributed by atoms with Crippen LogP contribution in [0.1, 0.15) is 31.4 Å². The standard InChI is InChI=1S/C11H15ClN2O2S/c1-8-10(6-7-11(12)13-8)14-17(15,16)9-4-2-3-5-9/h6-7,9,14H,2-5H2,1H3. The van der Waals surface area contributed by atoms with E-state index < -0.39 is 10.0 Å². The maximum absolute atomic E-state index is 12.1. The van der Waals surface area contributed by atoms with E-state index in [1.54, 1.807) is 19.1 Å². The van der Waals surface area contributed by atoms with E-state index >= 15 is 0 Å². The molecule has 1 aromatic rings. The van der Waals surface area contributed by atoms with Gasteiger partial charge in [-0.2, -0.15) is 0 Å². The second-order valence-electron chi connectivity index (χ2n) is 4.32. The van der Waals surface area contributed by atoms with Gasteiger partial charge in [0.2, 0.25) is 10.0 Å². The fraction of sp³-hybridized carbons (Fsp3) is 0.545. The highest BCUT2D eigenvalue weighted by molar-refractivity contribution is 7.93. The molecule has 1 N–H and O–H groups in total. The summed E-state index contributed by atoms with van der Waals surface area (Å²) in [5.41, 5.74) is 1.11. The second kappa shape index (κ2) is 4.82. The molecule has 1 saturated carbocycles. The van der Waals surface area contributed by atoms with Crippen LogP contribution >= 0.6 is 11.6 Å². The summed E-state index contributed by atoms with van der Waals surface area (Å²) in [6.45, 7) is 1.73. The van der Waals surface area contributed by atoms with Gasteiger partial charge in [-0.05, 0) is 31.9 Å². The zero-order valence-corrected chi connectivity index (χ0v) is 11.2. The fourth-order valence-electron chi connectivity index (χ4n) is 2.07. The quantitative estimate of drug-likeness (QED) is 0.862. The smallest absolute Gasteiger partial charge is 0.235 e. The maximum atomic E-state index is 12.1. The molecule has 6 heteroatoms. The molecule has 1 aromatic heterocycles. The lowest BCUT2D eigenvalue weighted by molar-refractivity contribution is 0.585. The van der Waals surface area contributed by atoms with Gasteiger partial charge in [-0.15, -0.1) is 0 Å². The Morgan fingerprint density at radius 2 is 2.00 bits per heavy atom. The van der Waals surface area contributed by atoms with Crippen LogP contribution in [-0.2, 0) is 10.0 Å². The van der Waals surface area contributed by atoms with Gasteiger partial charge in [0.05, 0.1) is 16.6 Å². The van der Waals surface area contributed by atoms with Crippen LogP contribution in [0.15, 0.2) is 12.1 Å². The molecule has 1 fully saturated rings. The van der Waals surface area contributed by atoms with Crippen LogP contribution < -0.4 is 4.72 Å². The molecule has 17 heavy (non-hydrogen) atoms. The Bertz CT molecular complexity index is 510. The molecule has 1 aliphatic carbocycles. The molecule has 0 radical (unpaired) electrons. The Hall–Kier alpha value is -0.810. The zero-order chi connectivity index (χ0) is 12.5. The van der Waals surface area contributed by atoms with E-state index in [1.807, 2.05) is 0 Å². The molecular formula is C11H15ClN2O2S. The van der Waals surface area contributed by atoms with Crippen LogP contribution in [0.4, 0.5) is 5.69 Å². The van der Waals surface area contributed by atoms with Crippen molar-refractivity contribution in [2.24, 2.45) is 0 Å². The number of sulfonamides is 1. The number of hydrogen-bond donors (Lipinski definition) is 1. The third kappa shape index (κ3) is 2.90. The first-order valence-electron chi connectivity index (χ1n) is 5.64. The molecule has 0 bridgehead atoms. The van der Waals surface area contributed by atoms with Crippen molar-refractivity contribution in [1.29, 1.82) is 0 Å². The number of halogens is 1. The number of rotatable bonds is 3. The van der Waals surface area contributed by atoms with Crippen molar-refractivity contribution >= 4 is 27.3 Å². The molecular weight excluding hydrogens is 260 g/mol. The minimum Gasteiger partial charge on any atom is -0.281 e. The first-order valence-corrected chi connectivity index (χ1v) is 7.56. The maximum Gasteiger partial charge on any atom is 0.235 e. The van der Waals surface area contributed by atoms with Crippen LogP contribution in [0.3, 0.4) is 0 Å². The van der Waals surface area contributed by atoms with Crippen molar-refractivity contribution in [3.8, 4) is 0 Å². The van der Waals surface area contributed by atoms with Crippen molar-refractivity contribution in [2.75, 3.05) is 4.72 Å². The number of aromatic nitrogens is 1. The minimum atomic E-state index is -3.28. The van der Waals surface area contributed by atoms with Gasteiger partial charge in [0.25, 0.3) is 0 Å². The van der Waals surface area contributed by atoms with E-state index in [0.29, 0.717) is 16.5 Å². The summed E-state index contributed by atoms with van der Waals surface area (Å²) >= 11 is 5.73. The molecule has 1 heterocycles. The van der Waals surface area contributed by atoms with Crippen LogP contribution in [0, 0.1) is 6.92 Å². The number of anilines is 1. The fourth-order valence-corrected chi connectivity index (χ4v) is 3.91. The van der Waals surface area contributed by atoms with Crippen molar-refractivity contribution < 1.29 is 8.42 Å². The molecule has 0 spiro atoms. The van der Waals surface area contributed by atoms with Gasteiger partial charge >= 0.3 is 0 Å². The van der Waals surface area contributed by atoms with E-state index in [-0.39, 0.29) is 5.25 Å². The molecule has 0 unspecified atom stereocenters. The van der Waals surface area contributed by atoms with Crippen molar-refractivity contribution in [1.82, 2.24) is 4.98 Å². The Labute approximate surface area is 106 Å². The lowest BCUT2D eigenvalue weighted by Crippen LogP contribution is -2.25. The summed E-state index contributed by atoms with van der Waals surface area (Å²) < 4.78 is 26.7.